The molecule has 3 N–H and O–H groups in total. The van der Waals surface area contributed by atoms with E-state index in [0.29, 0.717) is 22.4 Å². The largest absolute Gasteiger partial charge is 0.481 e. The van der Waals surface area contributed by atoms with Crippen molar-refractivity contribution in [3.05, 3.63) is 101 Å². The number of aliphatic carboxylic acids is 1. The van der Waals surface area contributed by atoms with Crippen LogP contribution in [-0.2, 0) is 9.59 Å². The molecule has 184 valence electrons. The first kappa shape index (κ1) is 25.7. The van der Waals surface area contributed by atoms with E-state index in [0.717, 1.165) is 5.69 Å². The Balaban J connectivity index is 1.80. The van der Waals surface area contributed by atoms with Crippen LogP contribution in [0.3, 0.4) is 0 Å². The van der Waals surface area contributed by atoms with Crippen LogP contribution in [0.1, 0.15) is 21.5 Å². The number of carboxylic acids is 1. The molecule has 0 heterocycles. The number of hydrogen-bond donors (Lipinski definition) is 3. The Morgan fingerprint density at radius 3 is 2.28 bits per heavy atom. The van der Waals surface area contributed by atoms with Crippen molar-refractivity contribution in [2.45, 2.75) is 0 Å². The summed E-state index contributed by atoms with van der Waals surface area (Å²) < 4.78 is 5.24. The molecule has 0 aliphatic rings. The van der Waals surface area contributed by atoms with Crippen molar-refractivity contribution in [2.75, 3.05) is 25.6 Å². The lowest BCUT2D eigenvalue weighted by atomic mass is 10.1. The number of hydrogen-bond acceptors (Lipinski definition) is 6. The fourth-order valence-corrected chi connectivity index (χ4v) is 3.06. The van der Waals surface area contributed by atoms with E-state index in [2.05, 4.69) is 15.8 Å². The lowest BCUT2D eigenvalue weighted by Gasteiger charge is -2.13. The van der Waals surface area contributed by atoms with E-state index < -0.39 is 24.4 Å². The molecule has 9 heteroatoms. The average molecular weight is 487 g/mol. The normalized spacial score (nSPS) is 11.1. The summed E-state index contributed by atoms with van der Waals surface area (Å²) in [6.07, 6.45) is 2.88. The highest BCUT2D eigenvalue weighted by atomic mass is 16.5. The van der Waals surface area contributed by atoms with Gasteiger partial charge in [0, 0.05) is 30.9 Å². The minimum absolute atomic E-state index is 0.00554. The molecule has 3 aromatic rings. The van der Waals surface area contributed by atoms with E-state index in [1.165, 1.54) is 6.21 Å². The number of rotatable bonds is 10. The summed E-state index contributed by atoms with van der Waals surface area (Å²) in [5.74, 6) is -1.90. The Hall–Kier alpha value is -4.92. The van der Waals surface area contributed by atoms with Crippen LogP contribution in [0.15, 0.2) is 89.7 Å². The summed E-state index contributed by atoms with van der Waals surface area (Å²) >= 11 is 0. The number of carbonyl (C=O) groups excluding carboxylic acids is 2. The number of para-hydroxylation sites is 1. The van der Waals surface area contributed by atoms with Crippen LogP contribution in [0, 0.1) is 0 Å². The zero-order valence-electron chi connectivity index (χ0n) is 19.8. The van der Waals surface area contributed by atoms with Crippen LogP contribution in [0.4, 0.5) is 5.69 Å². The standard InChI is InChI=1S/C27H26N4O5/c1-31(2)22-14-12-19(13-15-22)16-23(29-26(34)20-8-4-3-5-9-20)27(35)30-28-17-21-10-6-7-11-24(21)36-18-25(32)33/h3-17H,18H2,1-2H3,(H,29,34)(H,30,35)(H,32,33). The second kappa shape index (κ2) is 12.5. The van der Waals surface area contributed by atoms with E-state index >= 15 is 0 Å². The number of hydrazone groups is 1. The predicted molar refractivity (Wildman–Crippen MR) is 138 cm³/mol. The van der Waals surface area contributed by atoms with Gasteiger partial charge in [-0.3, -0.25) is 9.59 Å². The molecule has 0 aromatic heterocycles. The number of carboxylic acid groups (broad SMARTS) is 1. The number of carbonyl (C=O) groups is 3. The van der Waals surface area contributed by atoms with Gasteiger partial charge in [0.2, 0.25) is 0 Å². The minimum atomic E-state index is -1.11. The van der Waals surface area contributed by atoms with E-state index in [9.17, 15) is 14.4 Å². The molecule has 0 aliphatic heterocycles. The van der Waals surface area contributed by atoms with Crippen molar-refractivity contribution in [1.82, 2.24) is 10.7 Å². The molecular weight excluding hydrogens is 460 g/mol. The van der Waals surface area contributed by atoms with E-state index in [1.807, 2.05) is 43.3 Å². The van der Waals surface area contributed by atoms with Crippen LogP contribution in [-0.4, -0.2) is 49.8 Å². The number of nitrogens with zero attached hydrogens (tertiary/aromatic N) is 2. The van der Waals surface area contributed by atoms with Crippen molar-refractivity contribution >= 4 is 35.8 Å². The lowest BCUT2D eigenvalue weighted by molar-refractivity contribution is -0.139. The van der Waals surface area contributed by atoms with Crippen LogP contribution in [0.5, 0.6) is 5.75 Å². The molecule has 36 heavy (non-hydrogen) atoms. The third-order valence-corrected chi connectivity index (χ3v) is 4.89. The Labute approximate surface area is 208 Å². The molecule has 3 rings (SSSR count). The van der Waals surface area contributed by atoms with Crippen molar-refractivity contribution in [2.24, 2.45) is 5.10 Å². The molecule has 0 atom stereocenters. The van der Waals surface area contributed by atoms with Crippen molar-refractivity contribution in [3.63, 3.8) is 0 Å². The van der Waals surface area contributed by atoms with Gasteiger partial charge in [-0.25, -0.2) is 10.2 Å². The first-order valence-corrected chi connectivity index (χ1v) is 11.0. The van der Waals surface area contributed by atoms with Gasteiger partial charge in [-0.05, 0) is 48.0 Å². The molecular formula is C27H26N4O5. The third-order valence-electron chi connectivity index (χ3n) is 4.89. The predicted octanol–water partition coefficient (Wildman–Crippen LogP) is 3.14. The van der Waals surface area contributed by atoms with Crippen LogP contribution in [0.2, 0.25) is 0 Å². The molecule has 0 saturated carbocycles. The number of nitrogens with one attached hydrogen (secondary N) is 2. The maximum Gasteiger partial charge on any atom is 0.341 e. The Morgan fingerprint density at radius 1 is 0.944 bits per heavy atom. The highest BCUT2D eigenvalue weighted by molar-refractivity contribution is 6.05. The highest BCUT2D eigenvalue weighted by Gasteiger charge is 2.14. The molecule has 0 bridgehead atoms. The molecule has 0 spiro atoms. The summed E-state index contributed by atoms with van der Waals surface area (Å²) in [5.41, 5.74) is 4.95. The molecule has 2 amide bonds. The maximum atomic E-state index is 13.0. The summed E-state index contributed by atoms with van der Waals surface area (Å²) in [6.45, 7) is -0.512. The number of benzene rings is 3. The van der Waals surface area contributed by atoms with Gasteiger partial charge in [-0.15, -0.1) is 0 Å². The summed E-state index contributed by atoms with van der Waals surface area (Å²) in [4.78, 5) is 38.4. The van der Waals surface area contributed by atoms with E-state index in [-0.39, 0.29) is 5.70 Å². The van der Waals surface area contributed by atoms with Gasteiger partial charge in [0.1, 0.15) is 11.4 Å². The summed E-state index contributed by atoms with van der Waals surface area (Å²) in [7, 11) is 3.85. The third kappa shape index (κ3) is 7.56. The van der Waals surface area contributed by atoms with Crippen LogP contribution >= 0.6 is 0 Å². The minimum Gasteiger partial charge on any atom is -0.481 e. The van der Waals surface area contributed by atoms with Gasteiger partial charge in [0.15, 0.2) is 6.61 Å². The first-order chi connectivity index (χ1) is 17.3. The van der Waals surface area contributed by atoms with Crippen molar-refractivity contribution < 1.29 is 24.2 Å². The Bertz CT molecular complexity index is 1270. The molecule has 0 unspecified atom stereocenters. The molecule has 0 aliphatic carbocycles. The highest BCUT2D eigenvalue weighted by Crippen LogP contribution is 2.16. The Kier molecular flexibility index (Phi) is 8.94. The summed E-state index contributed by atoms with van der Waals surface area (Å²) in [5, 5.41) is 15.4. The summed E-state index contributed by atoms with van der Waals surface area (Å²) in [6, 6.07) is 22.6. The Morgan fingerprint density at radius 2 is 1.61 bits per heavy atom. The SMILES string of the molecule is CN(C)c1ccc(C=C(NC(=O)c2ccccc2)C(=O)NN=Cc2ccccc2OCC(=O)O)cc1. The molecule has 3 aromatic carbocycles. The van der Waals surface area contributed by atoms with Gasteiger partial charge in [-0.1, -0.05) is 42.5 Å². The zero-order valence-corrected chi connectivity index (χ0v) is 19.8. The zero-order chi connectivity index (χ0) is 25.9. The van der Waals surface area contributed by atoms with Gasteiger partial charge < -0.3 is 20.1 Å². The first-order valence-electron chi connectivity index (χ1n) is 11.0. The van der Waals surface area contributed by atoms with Gasteiger partial charge in [0.05, 0.1) is 6.21 Å². The second-order valence-corrected chi connectivity index (χ2v) is 7.78. The maximum absolute atomic E-state index is 13.0. The molecule has 0 saturated heterocycles. The fraction of sp³-hybridized carbons (Fsp3) is 0.111. The van der Waals surface area contributed by atoms with Gasteiger partial charge >= 0.3 is 5.97 Å². The van der Waals surface area contributed by atoms with Gasteiger partial charge in [-0.2, -0.15) is 5.10 Å². The van der Waals surface area contributed by atoms with Crippen molar-refractivity contribution in [1.29, 1.82) is 0 Å². The van der Waals surface area contributed by atoms with Crippen LogP contribution < -0.4 is 20.4 Å². The number of anilines is 1. The van der Waals surface area contributed by atoms with E-state index in [4.69, 9.17) is 9.84 Å². The topological polar surface area (TPSA) is 120 Å². The molecule has 0 fully saturated rings. The molecule has 9 nitrogen and oxygen atoms in total. The van der Waals surface area contributed by atoms with Crippen molar-refractivity contribution in [3.8, 4) is 5.75 Å². The fourth-order valence-electron chi connectivity index (χ4n) is 3.06. The average Bonchev–Trinajstić information content (AvgIpc) is 2.88. The van der Waals surface area contributed by atoms with Crippen LogP contribution in [0.25, 0.3) is 6.08 Å². The number of ether oxygens (including phenoxy) is 1. The quantitative estimate of drug-likeness (QED) is 0.230. The lowest BCUT2D eigenvalue weighted by Crippen LogP contribution is -2.32. The molecule has 0 radical (unpaired) electrons. The smallest absolute Gasteiger partial charge is 0.341 e. The van der Waals surface area contributed by atoms with E-state index in [1.54, 1.807) is 60.7 Å². The number of amides is 2. The monoisotopic (exact) mass is 486 g/mol. The van der Waals surface area contributed by atoms with Gasteiger partial charge in [0.25, 0.3) is 11.8 Å². The second-order valence-electron chi connectivity index (χ2n) is 7.78.